The van der Waals surface area contributed by atoms with Gasteiger partial charge in [0.05, 0.1) is 5.69 Å². The Morgan fingerprint density at radius 3 is 2.70 bits per heavy atom. The van der Waals surface area contributed by atoms with Gasteiger partial charge in [0.2, 0.25) is 5.60 Å². The topological polar surface area (TPSA) is 165 Å². The Morgan fingerprint density at radius 1 is 1.30 bits per heavy atom. The first-order valence-electron chi connectivity index (χ1n) is 8.72. The van der Waals surface area contributed by atoms with Crippen molar-refractivity contribution in [2.45, 2.75) is 17.8 Å². The standard InChI is InChI=1S/C18H20N5O6P/c1-27-18(9-19,10-28-30(26)29-12-5-3-2-4-6-12)16(25)15(24)13-7-8-14-17(20)21-11-22-23(13)14/h2-8,11,15-16,24-25,30H,10H2,1H3,(H2,20,21,22)/t15-,16-,18+/m0/s1. The molecule has 4 N–H and O–H groups in total. The van der Waals surface area contributed by atoms with Crippen LogP contribution in [0.1, 0.15) is 11.8 Å². The Bertz CT molecular complexity index is 1070. The first-order chi connectivity index (χ1) is 14.4. The maximum Gasteiger partial charge on any atom is 0.367 e. The van der Waals surface area contributed by atoms with E-state index in [-0.39, 0.29) is 11.5 Å². The van der Waals surface area contributed by atoms with E-state index in [1.165, 1.54) is 16.9 Å². The fourth-order valence-electron chi connectivity index (χ4n) is 2.80. The van der Waals surface area contributed by atoms with E-state index in [9.17, 15) is 20.0 Å². The molecule has 0 amide bonds. The van der Waals surface area contributed by atoms with Crippen molar-refractivity contribution in [2.75, 3.05) is 19.5 Å². The number of anilines is 1. The Kier molecular flexibility index (Phi) is 6.66. The van der Waals surface area contributed by atoms with Crippen molar-refractivity contribution in [3.8, 4) is 11.8 Å². The Labute approximate surface area is 172 Å². The SMILES string of the molecule is CO[C@](C#N)(CO[PH](=O)Oc1ccccc1)[C@@H](O)[C@@H](O)c1ccc2c(N)ncnn12. The molecule has 0 spiro atoms. The van der Waals surface area contributed by atoms with Crippen LogP contribution in [0.4, 0.5) is 5.82 Å². The maximum absolute atomic E-state index is 12.1. The molecule has 11 nitrogen and oxygen atoms in total. The van der Waals surface area contributed by atoms with Crippen LogP contribution >= 0.6 is 8.25 Å². The average molecular weight is 433 g/mol. The molecule has 0 aliphatic heterocycles. The molecule has 1 aromatic carbocycles. The monoisotopic (exact) mass is 433 g/mol. The number of nitrogen functional groups attached to an aromatic ring is 1. The van der Waals surface area contributed by atoms with Gasteiger partial charge in [-0.15, -0.1) is 0 Å². The van der Waals surface area contributed by atoms with Crippen LogP contribution in [-0.2, 0) is 13.8 Å². The Balaban J connectivity index is 1.77. The smallest absolute Gasteiger partial charge is 0.367 e. The summed E-state index contributed by atoms with van der Waals surface area (Å²) < 4.78 is 28.9. The molecule has 0 radical (unpaired) electrons. The van der Waals surface area contributed by atoms with Crippen LogP contribution in [0.2, 0.25) is 0 Å². The van der Waals surface area contributed by atoms with E-state index >= 15 is 0 Å². The molecule has 30 heavy (non-hydrogen) atoms. The molecule has 0 fully saturated rings. The fraction of sp³-hybridized carbons (Fsp3) is 0.278. The lowest BCUT2D eigenvalue weighted by molar-refractivity contribution is -0.131. The van der Waals surface area contributed by atoms with Gasteiger partial charge in [-0.05, 0) is 24.3 Å². The molecule has 4 atom stereocenters. The Hall–Kier alpha value is -3.00. The van der Waals surface area contributed by atoms with E-state index in [2.05, 4.69) is 10.1 Å². The molecular formula is C18H20N5O6P. The molecule has 0 saturated heterocycles. The molecular weight excluding hydrogens is 413 g/mol. The van der Waals surface area contributed by atoms with Gasteiger partial charge in [0.25, 0.3) is 0 Å². The number of hydrogen-bond acceptors (Lipinski definition) is 10. The molecule has 0 bridgehead atoms. The van der Waals surface area contributed by atoms with Gasteiger partial charge in [0.1, 0.15) is 42.5 Å². The molecule has 2 aromatic heterocycles. The summed E-state index contributed by atoms with van der Waals surface area (Å²) >= 11 is 0. The quantitative estimate of drug-likeness (QED) is 0.416. The lowest BCUT2D eigenvalue weighted by atomic mass is 9.93. The zero-order valence-corrected chi connectivity index (χ0v) is 16.9. The van der Waals surface area contributed by atoms with Crippen molar-refractivity contribution in [2.24, 2.45) is 0 Å². The minimum absolute atomic E-state index is 0.150. The number of methoxy groups -OCH3 is 1. The summed E-state index contributed by atoms with van der Waals surface area (Å²) in [4.78, 5) is 3.85. The van der Waals surface area contributed by atoms with Gasteiger partial charge in [-0.2, -0.15) is 10.4 Å². The lowest BCUT2D eigenvalue weighted by Crippen LogP contribution is -2.50. The highest BCUT2D eigenvalue weighted by atomic mass is 31.1. The molecule has 2 heterocycles. The van der Waals surface area contributed by atoms with Crippen molar-refractivity contribution < 1.29 is 28.6 Å². The minimum Gasteiger partial charge on any atom is -0.426 e. The van der Waals surface area contributed by atoms with Crippen molar-refractivity contribution >= 4 is 19.6 Å². The molecule has 0 aliphatic rings. The van der Waals surface area contributed by atoms with Gasteiger partial charge in [-0.3, -0.25) is 4.52 Å². The van der Waals surface area contributed by atoms with E-state index < -0.39 is 32.7 Å². The van der Waals surface area contributed by atoms with E-state index in [1.54, 1.807) is 42.5 Å². The summed E-state index contributed by atoms with van der Waals surface area (Å²) in [5, 5.41) is 35.1. The van der Waals surface area contributed by atoms with Crippen molar-refractivity contribution in [1.29, 1.82) is 5.26 Å². The van der Waals surface area contributed by atoms with Gasteiger partial charge in [-0.1, -0.05) is 18.2 Å². The predicted octanol–water partition coefficient (Wildman–Crippen LogP) is 1.10. The van der Waals surface area contributed by atoms with Crippen LogP contribution in [0, 0.1) is 11.3 Å². The molecule has 0 saturated carbocycles. The number of fused-ring (bicyclic) bond motifs is 1. The third-order valence-corrected chi connectivity index (χ3v) is 5.28. The van der Waals surface area contributed by atoms with Gasteiger partial charge in [-0.25, -0.2) is 14.1 Å². The molecule has 12 heteroatoms. The second-order valence-corrected chi connectivity index (χ2v) is 7.24. The number of aromatic nitrogens is 3. The number of aliphatic hydroxyl groups excluding tert-OH is 2. The fourth-order valence-corrected chi connectivity index (χ4v) is 3.52. The number of para-hydroxylation sites is 1. The van der Waals surface area contributed by atoms with Crippen molar-refractivity contribution in [3.63, 3.8) is 0 Å². The third kappa shape index (κ3) is 4.28. The maximum atomic E-state index is 12.1. The number of nitriles is 1. The molecule has 1 unspecified atom stereocenters. The molecule has 3 aromatic rings. The number of benzene rings is 1. The highest BCUT2D eigenvalue weighted by Crippen LogP contribution is 2.33. The van der Waals surface area contributed by atoms with Gasteiger partial charge in [0, 0.05) is 7.11 Å². The highest BCUT2D eigenvalue weighted by Gasteiger charge is 2.45. The predicted molar refractivity (Wildman–Crippen MR) is 106 cm³/mol. The normalized spacial score (nSPS) is 16.3. The van der Waals surface area contributed by atoms with Crippen molar-refractivity contribution in [3.05, 3.63) is 54.5 Å². The molecule has 3 rings (SSSR count). The first-order valence-corrected chi connectivity index (χ1v) is 9.94. The van der Waals surface area contributed by atoms with Gasteiger partial charge in [0.15, 0.2) is 5.82 Å². The number of ether oxygens (including phenoxy) is 1. The van der Waals surface area contributed by atoms with Crippen LogP contribution in [0.5, 0.6) is 5.75 Å². The first kappa shape index (κ1) is 21.7. The number of nitrogens with two attached hydrogens (primary N) is 1. The second-order valence-electron chi connectivity index (χ2n) is 6.25. The molecule has 158 valence electrons. The van der Waals surface area contributed by atoms with E-state index in [1.807, 2.05) is 0 Å². The third-order valence-electron chi connectivity index (χ3n) is 4.49. The van der Waals surface area contributed by atoms with E-state index in [4.69, 9.17) is 19.5 Å². The Morgan fingerprint density at radius 2 is 2.03 bits per heavy atom. The zero-order chi connectivity index (χ0) is 21.7. The van der Waals surface area contributed by atoms with Crippen LogP contribution in [0.3, 0.4) is 0 Å². The van der Waals surface area contributed by atoms with E-state index in [0.717, 1.165) is 7.11 Å². The molecule has 0 aliphatic carbocycles. The summed E-state index contributed by atoms with van der Waals surface area (Å²) in [7, 11) is -1.90. The lowest BCUT2D eigenvalue weighted by Gasteiger charge is -2.32. The highest BCUT2D eigenvalue weighted by molar-refractivity contribution is 7.33. The summed E-state index contributed by atoms with van der Waals surface area (Å²) in [6.45, 7) is -0.622. The van der Waals surface area contributed by atoms with Crippen LogP contribution < -0.4 is 10.3 Å². The zero-order valence-electron chi connectivity index (χ0n) is 15.9. The average Bonchev–Trinajstić information content (AvgIpc) is 3.20. The van der Waals surface area contributed by atoms with Crippen LogP contribution in [0.25, 0.3) is 5.52 Å². The summed E-state index contributed by atoms with van der Waals surface area (Å²) in [5.74, 6) is 0.495. The minimum atomic E-state index is -3.06. The van der Waals surface area contributed by atoms with E-state index in [0.29, 0.717) is 11.3 Å². The number of rotatable bonds is 9. The van der Waals surface area contributed by atoms with Crippen LogP contribution in [0.15, 0.2) is 48.8 Å². The van der Waals surface area contributed by atoms with Gasteiger partial charge < -0.3 is 25.2 Å². The number of hydrogen-bond donors (Lipinski definition) is 3. The number of nitrogens with zero attached hydrogens (tertiary/aromatic N) is 4. The summed E-state index contributed by atoms with van der Waals surface area (Å²) in [5.41, 5.74) is 4.29. The summed E-state index contributed by atoms with van der Waals surface area (Å²) in [6.07, 6.45) is -2.20. The van der Waals surface area contributed by atoms with Gasteiger partial charge >= 0.3 is 8.25 Å². The van der Waals surface area contributed by atoms with Crippen LogP contribution in [-0.4, -0.2) is 50.2 Å². The summed E-state index contributed by atoms with van der Waals surface area (Å²) in [6, 6.07) is 13.1. The van der Waals surface area contributed by atoms with Crippen molar-refractivity contribution in [1.82, 2.24) is 14.6 Å². The largest absolute Gasteiger partial charge is 0.426 e. The second kappa shape index (κ2) is 9.21. The number of aliphatic hydroxyl groups is 2.